The minimum absolute atomic E-state index is 0.0412. The third-order valence-electron chi connectivity index (χ3n) is 5.72. The number of hydrogen-bond acceptors (Lipinski definition) is 6. The van der Waals surface area contributed by atoms with Crippen LogP contribution in [0.5, 0.6) is 23.1 Å². The predicted octanol–water partition coefficient (Wildman–Crippen LogP) is 5.77. The molecule has 5 rings (SSSR count). The molecule has 0 atom stereocenters. The maximum absolute atomic E-state index is 12.6. The summed E-state index contributed by atoms with van der Waals surface area (Å²) in [6, 6.07) is 20.6. The zero-order valence-electron chi connectivity index (χ0n) is 18.9. The van der Waals surface area contributed by atoms with Crippen LogP contribution in [-0.4, -0.2) is 40.2 Å². The predicted molar refractivity (Wildman–Crippen MR) is 128 cm³/mol. The van der Waals surface area contributed by atoms with E-state index in [0.717, 1.165) is 35.1 Å². The Morgan fingerprint density at radius 1 is 0.912 bits per heavy atom. The van der Waals surface area contributed by atoms with Gasteiger partial charge in [-0.15, -0.1) is 0 Å². The average molecular weight is 456 g/mol. The van der Waals surface area contributed by atoms with E-state index in [4.69, 9.17) is 14.2 Å². The molecule has 1 aliphatic heterocycles. The second-order valence-corrected chi connectivity index (χ2v) is 8.28. The monoisotopic (exact) mass is 455 g/mol. The van der Waals surface area contributed by atoms with Gasteiger partial charge in [-0.05, 0) is 55.0 Å². The van der Waals surface area contributed by atoms with E-state index < -0.39 is 0 Å². The van der Waals surface area contributed by atoms with Gasteiger partial charge in [0.15, 0.2) is 0 Å². The molecular weight excluding hydrogens is 430 g/mol. The lowest BCUT2D eigenvalue weighted by Gasteiger charge is -2.31. The van der Waals surface area contributed by atoms with Crippen LogP contribution in [0.3, 0.4) is 0 Å². The number of rotatable bonds is 5. The molecule has 7 nitrogen and oxygen atoms in total. The van der Waals surface area contributed by atoms with Gasteiger partial charge in [0.1, 0.15) is 23.4 Å². The van der Waals surface area contributed by atoms with Gasteiger partial charge in [0, 0.05) is 55.8 Å². The topological polar surface area (TPSA) is 73.8 Å². The summed E-state index contributed by atoms with van der Waals surface area (Å²) in [6.45, 7) is 3.14. The van der Waals surface area contributed by atoms with Crippen LogP contribution in [-0.2, 0) is 0 Å². The van der Waals surface area contributed by atoms with Crippen molar-refractivity contribution >= 4 is 17.0 Å². The number of piperidine rings is 1. The van der Waals surface area contributed by atoms with Gasteiger partial charge in [0.05, 0.1) is 5.52 Å². The number of ether oxygens (including phenoxy) is 3. The smallest absolute Gasteiger partial charge is 0.415 e. The van der Waals surface area contributed by atoms with Crippen LogP contribution in [0.1, 0.15) is 18.4 Å². The van der Waals surface area contributed by atoms with Crippen molar-refractivity contribution in [3.05, 3.63) is 84.7 Å². The number of nitrogens with zero attached hydrogens (tertiary/aromatic N) is 3. The first-order chi connectivity index (χ1) is 16.6. The van der Waals surface area contributed by atoms with Crippen molar-refractivity contribution in [1.82, 2.24) is 14.9 Å². The molecule has 1 aliphatic rings. The molecule has 0 N–H and O–H groups in total. The van der Waals surface area contributed by atoms with Crippen molar-refractivity contribution in [3.63, 3.8) is 0 Å². The van der Waals surface area contributed by atoms with Crippen LogP contribution >= 0.6 is 0 Å². The van der Waals surface area contributed by atoms with Crippen LogP contribution in [0.4, 0.5) is 4.79 Å². The Labute approximate surface area is 197 Å². The zero-order chi connectivity index (χ0) is 23.3. The highest BCUT2D eigenvalue weighted by Crippen LogP contribution is 2.25. The third-order valence-corrected chi connectivity index (χ3v) is 5.72. The second-order valence-electron chi connectivity index (χ2n) is 8.28. The largest absolute Gasteiger partial charge is 0.490 e. The van der Waals surface area contributed by atoms with Gasteiger partial charge in [-0.1, -0.05) is 12.1 Å². The fourth-order valence-electron chi connectivity index (χ4n) is 3.85. The van der Waals surface area contributed by atoms with E-state index in [9.17, 15) is 4.79 Å². The number of pyridine rings is 2. The van der Waals surface area contributed by atoms with Gasteiger partial charge in [0.25, 0.3) is 0 Å². The number of amides is 1. The molecule has 1 saturated heterocycles. The van der Waals surface area contributed by atoms with Gasteiger partial charge in [-0.25, -0.2) is 9.78 Å². The van der Waals surface area contributed by atoms with Gasteiger partial charge < -0.3 is 19.1 Å². The van der Waals surface area contributed by atoms with Crippen molar-refractivity contribution in [1.29, 1.82) is 0 Å². The molecule has 34 heavy (non-hydrogen) atoms. The number of likely N-dealkylation sites (tertiary alicyclic amines) is 1. The van der Waals surface area contributed by atoms with Crippen LogP contribution < -0.4 is 14.2 Å². The fourth-order valence-corrected chi connectivity index (χ4v) is 3.85. The molecular formula is C27H25N3O4. The van der Waals surface area contributed by atoms with Crippen molar-refractivity contribution in [3.8, 4) is 23.1 Å². The molecule has 0 unspecified atom stereocenters. The fraction of sp³-hybridized carbons (Fsp3) is 0.222. The normalized spacial score (nSPS) is 14.1. The van der Waals surface area contributed by atoms with Gasteiger partial charge >= 0.3 is 6.09 Å². The number of fused-ring (bicyclic) bond motifs is 1. The molecule has 7 heteroatoms. The molecule has 2 aromatic heterocycles. The molecule has 0 aliphatic carbocycles. The van der Waals surface area contributed by atoms with Gasteiger partial charge in [-0.2, -0.15) is 0 Å². The maximum atomic E-state index is 12.6. The van der Waals surface area contributed by atoms with Crippen LogP contribution in [0.15, 0.2) is 79.1 Å². The molecule has 1 amide bonds. The third kappa shape index (κ3) is 5.26. The van der Waals surface area contributed by atoms with E-state index in [0.29, 0.717) is 30.5 Å². The lowest BCUT2D eigenvalue weighted by Crippen LogP contribution is -2.43. The summed E-state index contributed by atoms with van der Waals surface area (Å²) in [4.78, 5) is 22.9. The first kappa shape index (κ1) is 21.7. The van der Waals surface area contributed by atoms with E-state index in [-0.39, 0.29) is 12.2 Å². The summed E-state index contributed by atoms with van der Waals surface area (Å²) in [5, 5.41) is 1.01. The Morgan fingerprint density at radius 2 is 1.68 bits per heavy atom. The Bertz CT molecular complexity index is 1270. The molecule has 1 fully saturated rings. The van der Waals surface area contributed by atoms with Crippen molar-refractivity contribution in [2.45, 2.75) is 25.9 Å². The summed E-state index contributed by atoms with van der Waals surface area (Å²) in [6.07, 6.45) is 4.66. The maximum Gasteiger partial charge on any atom is 0.415 e. The first-order valence-corrected chi connectivity index (χ1v) is 11.3. The first-order valence-electron chi connectivity index (χ1n) is 11.3. The number of aryl methyl sites for hydroxylation is 1. The summed E-state index contributed by atoms with van der Waals surface area (Å²) < 4.78 is 17.4. The molecule has 0 saturated carbocycles. The Morgan fingerprint density at radius 3 is 2.44 bits per heavy atom. The molecule has 0 bridgehead atoms. The summed E-state index contributed by atoms with van der Waals surface area (Å²) in [5.41, 5.74) is 1.88. The van der Waals surface area contributed by atoms with E-state index in [1.165, 1.54) is 0 Å². The van der Waals surface area contributed by atoms with Crippen LogP contribution in [0.25, 0.3) is 10.9 Å². The van der Waals surface area contributed by atoms with Crippen LogP contribution in [0.2, 0.25) is 0 Å². The highest BCUT2D eigenvalue weighted by molar-refractivity contribution is 5.81. The lowest BCUT2D eigenvalue weighted by atomic mass is 10.1. The van der Waals surface area contributed by atoms with Gasteiger partial charge in [0.2, 0.25) is 5.88 Å². The Kier molecular flexibility index (Phi) is 6.25. The lowest BCUT2D eigenvalue weighted by molar-refractivity contribution is 0.0930. The molecule has 0 spiro atoms. The zero-order valence-corrected chi connectivity index (χ0v) is 18.9. The minimum atomic E-state index is -0.347. The number of aromatic nitrogens is 2. The summed E-state index contributed by atoms with van der Waals surface area (Å²) in [7, 11) is 0. The quantitative estimate of drug-likeness (QED) is 0.380. The number of carbonyl (C=O) groups excluding carboxylic acids is 1. The number of benzene rings is 2. The highest BCUT2D eigenvalue weighted by Gasteiger charge is 2.25. The van der Waals surface area contributed by atoms with E-state index >= 15 is 0 Å². The standard InChI is InChI=1S/C27H25N3O4/c1-19-4-11-26(29-18-19)33-22-9-7-21(8-10-22)32-23-12-15-30(16-13-23)27(31)34-24-6-5-20-3-2-14-28-25(20)17-24/h2-11,14,17-18,23H,12-13,15-16H2,1H3. The Balaban J connectivity index is 1.10. The SMILES string of the molecule is Cc1ccc(Oc2ccc(OC3CCN(C(=O)Oc4ccc5cccnc5c4)CC3)cc2)nc1. The molecule has 4 aromatic rings. The highest BCUT2D eigenvalue weighted by atomic mass is 16.6. The van der Waals surface area contributed by atoms with Crippen molar-refractivity contribution in [2.24, 2.45) is 0 Å². The van der Waals surface area contributed by atoms with Crippen molar-refractivity contribution < 1.29 is 19.0 Å². The Hall–Kier alpha value is -4.13. The minimum Gasteiger partial charge on any atom is -0.490 e. The van der Waals surface area contributed by atoms with Crippen LogP contribution in [0, 0.1) is 6.92 Å². The summed E-state index contributed by atoms with van der Waals surface area (Å²) in [5.74, 6) is 2.52. The van der Waals surface area contributed by atoms with Crippen molar-refractivity contribution in [2.75, 3.05) is 13.1 Å². The second kappa shape index (κ2) is 9.79. The van der Waals surface area contributed by atoms with E-state index in [1.54, 1.807) is 29.4 Å². The molecule has 3 heterocycles. The molecule has 172 valence electrons. The summed E-state index contributed by atoms with van der Waals surface area (Å²) >= 11 is 0. The average Bonchev–Trinajstić information content (AvgIpc) is 2.87. The van der Waals surface area contributed by atoms with E-state index in [2.05, 4.69) is 9.97 Å². The number of carbonyl (C=O) groups is 1. The number of hydrogen-bond donors (Lipinski definition) is 0. The van der Waals surface area contributed by atoms with Gasteiger partial charge in [-0.3, -0.25) is 4.98 Å². The van der Waals surface area contributed by atoms with E-state index in [1.807, 2.05) is 61.5 Å². The molecule has 0 radical (unpaired) electrons. The molecule has 2 aromatic carbocycles.